The van der Waals surface area contributed by atoms with Gasteiger partial charge in [-0.15, -0.1) is 0 Å². The van der Waals surface area contributed by atoms with Gasteiger partial charge in [-0.1, -0.05) is 0 Å². The van der Waals surface area contributed by atoms with Gasteiger partial charge in [0.25, 0.3) is 0 Å². The monoisotopic (exact) mass is 531 g/mol. The van der Waals surface area contributed by atoms with E-state index in [1.54, 1.807) is 36.4 Å². The maximum absolute atomic E-state index is 13.5. The molecule has 0 fully saturated rings. The van der Waals surface area contributed by atoms with Gasteiger partial charge in [-0.05, 0) is 85.8 Å². The molecule has 4 N–H and O–H groups in total. The summed E-state index contributed by atoms with van der Waals surface area (Å²) in [6, 6.07) is 19.6. The van der Waals surface area contributed by atoms with Crippen molar-refractivity contribution in [1.82, 2.24) is 0 Å². The zero-order valence-corrected chi connectivity index (χ0v) is 20.6. The number of hydrogen-bond acceptors (Lipinski definition) is 5. The normalized spacial score (nSPS) is 10.4. The Hall–Kier alpha value is -5.25. The summed E-state index contributed by atoms with van der Waals surface area (Å²) in [7, 11) is 0. The zero-order valence-electron chi connectivity index (χ0n) is 20.6. The quantitative estimate of drug-likeness (QED) is 0.179. The fourth-order valence-corrected chi connectivity index (χ4v) is 3.67. The largest absolute Gasteiger partial charge is 0.494 e. The van der Waals surface area contributed by atoms with Gasteiger partial charge in [0.2, 0.25) is 0 Å². The fraction of sp³-hybridized carbons (Fsp3) is 0.0690. The maximum atomic E-state index is 13.5. The molecule has 0 saturated carbocycles. The molecule has 39 heavy (non-hydrogen) atoms. The van der Waals surface area contributed by atoms with Crippen molar-refractivity contribution in [2.24, 2.45) is 0 Å². The number of carbonyl (C=O) groups is 3. The fourth-order valence-electron chi connectivity index (χ4n) is 3.67. The van der Waals surface area contributed by atoms with Gasteiger partial charge in [-0.2, -0.15) is 0 Å². The van der Waals surface area contributed by atoms with Crippen molar-refractivity contribution in [3.8, 4) is 5.75 Å². The molecule has 0 bridgehead atoms. The van der Waals surface area contributed by atoms with Crippen molar-refractivity contribution >= 4 is 40.5 Å². The number of ketones is 1. The lowest BCUT2D eigenvalue weighted by Crippen LogP contribution is -2.19. The van der Waals surface area contributed by atoms with Crippen LogP contribution in [0.4, 0.5) is 36.3 Å². The SMILES string of the molecule is CCOc1ccc(NC(=O)Nc2ccc(C(=O)c3ccc(Nc4ccc(F)c(F)c4)c(C(=O)O)c3)cc2)cc1. The third-order valence-electron chi connectivity index (χ3n) is 5.54. The lowest BCUT2D eigenvalue weighted by molar-refractivity contribution is 0.0698. The van der Waals surface area contributed by atoms with Gasteiger partial charge in [0.15, 0.2) is 17.4 Å². The molecule has 4 rings (SSSR count). The highest BCUT2D eigenvalue weighted by molar-refractivity contribution is 6.11. The van der Waals surface area contributed by atoms with E-state index in [1.807, 2.05) is 6.92 Å². The summed E-state index contributed by atoms with van der Waals surface area (Å²) in [5.41, 5.74) is 1.40. The first-order valence-electron chi connectivity index (χ1n) is 11.8. The van der Waals surface area contributed by atoms with E-state index in [-0.39, 0.29) is 28.1 Å². The Kier molecular flexibility index (Phi) is 8.15. The second kappa shape index (κ2) is 11.9. The number of benzene rings is 4. The smallest absolute Gasteiger partial charge is 0.337 e. The number of halogens is 2. The van der Waals surface area contributed by atoms with Crippen LogP contribution >= 0.6 is 0 Å². The Labute approximate surface area is 222 Å². The van der Waals surface area contributed by atoms with E-state index in [1.165, 1.54) is 36.4 Å². The maximum Gasteiger partial charge on any atom is 0.337 e. The van der Waals surface area contributed by atoms with E-state index >= 15 is 0 Å². The Balaban J connectivity index is 1.43. The van der Waals surface area contributed by atoms with E-state index in [4.69, 9.17) is 4.74 Å². The molecule has 0 aliphatic rings. The number of carbonyl (C=O) groups excluding carboxylic acids is 2. The number of urea groups is 1. The van der Waals surface area contributed by atoms with Crippen molar-refractivity contribution in [1.29, 1.82) is 0 Å². The minimum atomic E-state index is -1.31. The molecule has 10 heteroatoms. The van der Waals surface area contributed by atoms with Crippen LogP contribution in [0, 0.1) is 11.6 Å². The van der Waals surface area contributed by atoms with Crippen LogP contribution in [-0.2, 0) is 0 Å². The molecule has 0 heterocycles. The summed E-state index contributed by atoms with van der Waals surface area (Å²) in [5.74, 6) is -3.19. The third-order valence-corrected chi connectivity index (χ3v) is 5.54. The molecular weight excluding hydrogens is 508 g/mol. The number of carboxylic acid groups (broad SMARTS) is 1. The Morgan fingerprint density at radius 1 is 0.744 bits per heavy atom. The third kappa shape index (κ3) is 6.75. The second-order valence-electron chi connectivity index (χ2n) is 8.26. The molecule has 0 radical (unpaired) electrons. The second-order valence-corrected chi connectivity index (χ2v) is 8.26. The molecule has 4 aromatic carbocycles. The summed E-state index contributed by atoms with van der Waals surface area (Å²) in [4.78, 5) is 37.1. The Morgan fingerprint density at radius 3 is 1.92 bits per heavy atom. The van der Waals surface area contributed by atoms with E-state index in [0.717, 1.165) is 12.1 Å². The standard InChI is InChI=1S/C29H23F2N3O5/c1-2-39-22-11-8-20(9-12-22)34-29(38)33-19-6-3-17(4-7-19)27(35)18-5-14-26(23(15-18)28(36)37)32-21-10-13-24(30)25(31)16-21/h3-16,32H,2H2,1H3,(H,36,37)(H2,33,34,38). The average molecular weight is 532 g/mol. The molecule has 0 aliphatic heterocycles. The summed E-state index contributed by atoms with van der Waals surface area (Å²) < 4.78 is 32.1. The van der Waals surface area contributed by atoms with Crippen molar-refractivity contribution < 1.29 is 33.0 Å². The molecule has 2 amide bonds. The average Bonchev–Trinajstić information content (AvgIpc) is 2.92. The first-order chi connectivity index (χ1) is 18.7. The highest BCUT2D eigenvalue weighted by Gasteiger charge is 2.17. The lowest BCUT2D eigenvalue weighted by Gasteiger charge is -2.12. The first-order valence-corrected chi connectivity index (χ1v) is 11.8. The molecule has 8 nitrogen and oxygen atoms in total. The van der Waals surface area contributed by atoms with Gasteiger partial charge in [-0.3, -0.25) is 4.79 Å². The first kappa shape index (κ1) is 26.8. The molecule has 0 saturated heterocycles. The molecule has 0 unspecified atom stereocenters. The summed E-state index contributed by atoms with van der Waals surface area (Å²) >= 11 is 0. The number of rotatable bonds is 9. The molecule has 198 valence electrons. The van der Waals surface area contributed by atoms with Gasteiger partial charge in [0, 0.05) is 34.3 Å². The number of carboxylic acids is 1. The van der Waals surface area contributed by atoms with Crippen LogP contribution in [0.25, 0.3) is 0 Å². The van der Waals surface area contributed by atoms with Gasteiger partial charge in [0.05, 0.1) is 17.9 Å². The molecule has 0 aromatic heterocycles. The number of hydrogen-bond donors (Lipinski definition) is 4. The highest BCUT2D eigenvalue weighted by Crippen LogP contribution is 2.25. The molecule has 4 aromatic rings. The summed E-state index contributed by atoms with van der Waals surface area (Å²) in [5, 5.41) is 17.7. The molecule has 0 atom stereocenters. The van der Waals surface area contributed by atoms with Crippen molar-refractivity contribution in [2.45, 2.75) is 6.92 Å². The van der Waals surface area contributed by atoms with E-state index in [0.29, 0.717) is 23.7 Å². The van der Waals surface area contributed by atoms with Crippen LogP contribution in [0.3, 0.4) is 0 Å². The van der Waals surface area contributed by atoms with Crippen molar-refractivity contribution in [3.63, 3.8) is 0 Å². The highest BCUT2D eigenvalue weighted by atomic mass is 19.2. The number of aromatic carboxylic acids is 1. The van der Waals surface area contributed by atoms with E-state index in [9.17, 15) is 28.3 Å². The minimum absolute atomic E-state index is 0.100. The Morgan fingerprint density at radius 2 is 1.33 bits per heavy atom. The number of amides is 2. The van der Waals surface area contributed by atoms with Crippen molar-refractivity contribution in [3.05, 3.63) is 113 Å². The number of anilines is 4. The van der Waals surface area contributed by atoms with Gasteiger partial charge in [-0.25, -0.2) is 18.4 Å². The van der Waals surface area contributed by atoms with Crippen LogP contribution in [-0.4, -0.2) is 29.5 Å². The van der Waals surface area contributed by atoms with Crippen LogP contribution < -0.4 is 20.7 Å². The van der Waals surface area contributed by atoms with Gasteiger partial charge >= 0.3 is 12.0 Å². The minimum Gasteiger partial charge on any atom is -0.494 e. The van der Waals surface area contributed by atoms with E-state index in [2.05, 4.69) is 16.0 Å². The van der Waals surface area contributed by atoms with E-state index < -0.39 is 29.4 Å². The van der Waals surface area contributed by atoms with Crippen molar-refractivity contribution in [2.75, 3.05) is 22.6 Å². The number of nitrogens with one attached hydrogen (secondary N) is 3. The predicted octanol–water partition coefficient (Wildman–Crippen LogP) is 6.68. The molecule has 0 spiro atoms. The number of ether oxygens (including phenoxy) is 1. The van der Waals surface area contributed by atoms with Crippen LogP contribution in [0.5, 0.6) is 5.75 Å². The summed E-state index contributed by atoms with van der Waals surface area (Å²) in [6.07, 6.45) is 0. The molecule has 0 aliphatic carbocycles. The van der Waals surface area contributed by atoms with Crippen LogP contribution in [0.2, 0.25) is 0 Å². The molecular formula is C29H23F2N3O5. The zero-order chi connectivity index (χ0) is 27.9. The topological polar surface area (TPSA) is 117 Å². The van der Waals surface area contributed by atoms with Crippen LogP contribution in [0.1, 0.15) is 33.2 Å². The van der Waals surface area contributed by atoms with Crippen LogP contribution in [0.15, 0.2) is 84.9 Å². The summed E-state index contributed by atoms with van der Waals surface area (Å²) in [6.45, 7) is 2.41. The predicted molar refractivity (Wildman–Crippen MR) is 143 cm³/mol. The van der Waals surface area contributed by atoms with Gasteiger partial charge < -0.3 is 25.8 Å². The van der Waals surface area contributed by atoms with Gasteiger partial charge in [0.1, 0.15) is 5.75 Å². The Bertz CT molecular complexity index is 1520. The lowest BCUT2D eigenvalue weighted by atomic mass is 10.00.